The Balaban J connectivity index is 2.79. The first-order chi connectivity index (χ1) is 7.12. The number of aromatic nitrogens is 1. The van der Waals surface area contributed by atoms with Crippen LogP contribution in [0.15, 0.2) is 5.38 Å². The summed E-state index contributed by atoms with van der Waals surface area (Å²) in [6, 6.07) is 0. The topological polar surface area (TPSA) is 12.9 Å². The van der Waals surface area contributed by atoms with Crippen LogP contribution in [0.4, 0.5) is 0 Å². The van der Waals surface area contributed by atoms with Crippen molar-refractivity contribution >= 4 is 33.9 Å². The van der Waals surface area contributed by atoms with Gasteiger partial charge in [-0.3, -0.25) is 0 Å². The minimum atomic E-state index is 0.310. The molecule has 0 N–H and O–H groups in total. The van der Waals surface area contributed by atoms with E-state index < -0.39 is 0 Å². The molecule has 0 bridgehead atoms. The Bertz CT molecular complexity index is 298. The van der Waals surface area contributed by atoms with Gasteiger partial charge in [-0.25, -0.2) is 4.98 Å². The zero-order valence-electron chi connectivity index (χ0n) is 9.85. The molecule has 1 aromatic rings. The normalized spacial score (nSPS) is 15.2. The van der Waals surface area contributed by atoms with Crippen molar-refractivity contribution in [2.24, 2.45) is 0 Å². The van der Waals surface area contributed by atoms with Gasteiger partial charge in [0.25, 0.3) is 0 Å². The van der Waals surface area contributed by atoms with E-state index in [9.17, 15) is 0 Å². The smallest absolute Gasteiger partial charge is 0.154 e. The number of hydrogen-bond acceptors (Lipinski definition) is 2. The van der Waals surface area contributed by atoms with Crippen molar-refractivity contribution in [2.45, 2.75) is 58.3 Å². The highest BCUT2D eigenvalue weighted by Gasteiger charge is 2.27. The lowest BCUT2D eigenvalue weighted by molar-refractivity contribution is 0.374. The van der Waals surface area contributed by atoms with E-state index in [2.05, 4.69) is 53.7 Å². The maximum atomic E-state index is 4.66. The Hall–Kier alpha value is 0.360. The van der Waals surface area contributed by atoms with Crippen molar-refractivity contribution < 1.29 is 0 Å². The minimum absolute atomic E-state index is 0.310. The van der Waals surface area contributed by atoms with Gasteiger partial charge in [-0.15, -0.1) is 11.3 Å². The lowest BCUT2D eigenvalue weighted by Crippen LogP contribution is -2.22. The second kappa shape index (κ2) is 6.18. The van der Waals surface area contributed by atoms with E-state index in [4.69, 9.17) is 0 Å². The number of hydrogen-bond donors (Lipinski definition) is 0. The number of halogens is 1. The van der Waals surface area contributed by atoms with Gasteiger partial charge in [0, 0.05) is 10.8 Å². The van der Waals surface area contributed by atoms with Crippen LogP contribution in [-0.2, 0) is 5.41 Å². The molecule has 3 heteroatoms. The summed E-state index contributed by atoms with van der Waals surface area (Å²) in [5.74, 6) is 0. The van der Waals surface area contributed by atoms with E-state index in [1.54, 1.807) is 11.3 Å². The highest BCUT2D eigenvalue weighted by atomic mass is 127. The van der Waals surface area contributed by atoms with Crippen LogP contribution in [0, 0.1) is 3.01 Å². The second-order valence-electron chi connectivity index (χ2n) is 4.40. The standard InChI is InChI=1S/C12H20INS/c1-4-6-8-12(3,7-5-2)10-9-15-11(13)14-10/h9H,4-8H2,1-3H3. The number of thiazole rings is 1. The van der Waals surface area contributed by atoms with Crippen molar-refractivity contribution in [3.8, 4) is 0 Å². The fraction of sp³-hybridized carbons (Fsp3) is 0.750. The summed E-state index contributed by atoms with van der Waals surface area (Å²) in [7, 11) is 0. The summed E-state index contributed by atoms with van der Waals surface area (Å²) < 4.78 is 1.17. The van der Waals surface area contributed by atoms with Crippen LogP contribution in [-0.4, -0.2) is 4.98 Å². The van der Waals surface area contributed by atoms with Crippen LogP contribution >= 0.6 is 33.9 Å². The predicted octanol–water partition coefficient (Wildman–Crippen LogP) is 5.00. The van der Waals surface area contributed by atoms with E-state index in [1.807, 2.05) is 0 Å². The Morgan fingerprint density at radius 2 is 2.07 bits per heavy atom. The van der Waals surface area contributed by atoms with Gasteiger partial charge in [0.15, 0.2) is 3.01 Å². The van der Waals surface area contributed by atoms with E-state index in [1.165, 1.54) is 40.8 Å². The Labute approximate surface area is 111 Å². The summed E-state index contributed by atoms with van der Waals surface area (Å²) in [6.45, 7) is 6.90. The molecule has 1 atom stereocenters. The summed E-state index contributed by atoms with van der Waals surface area (Å²) in [6.07, 6.45) is 6.36. The molecule has 0 amide bonds. The highest BCUT2D eigenvalue weighted by Crippen LogP contribution is 2.35. The molecule has 1 unspecified atom stereocenters. The molecule has 1 rings (SSSR count). The minimum Gasteiger partial charge on any atom is -0.235 e. The highest BCUT2D eigenvalue weighted by molar-refractivity contribution is 14.1. The number of nitrogens with zero attached hydrogens (tertiary/aromatic N) is 1. The molecule has 0 saturated heterocycles. The lowest BCUT2D eigenvalue weighted by atomic mass is 9.78. The van der Waals surface area contributed by atoms with Crippen molar-refractivity contribution in [3.05, 3.63) is 14.1 Å². The van der Waals surface area contributed by atoms with Crippen molar-refractivity contribution in [1.82, 2.24) is 4.98 Å². The quantitative estimate of drug-likeness (QED) is 0.666. The Morgan fingerprint density at radius 3 is 2.53 bits per heavy atom. The van der Waals surface area contributed by atoms with Gasteiger partial charge >= 0.3 is 0 Å². The monoisotopic (exact) mass is 337 g/mol. The summed E-state index contributed by atoms with van der Waals surface area (Å²) >= 11 is 4.08. The maximum Gasteiger partial charge on any atom is 0.154 e. The third kappa shape index (κ3) is 3.70. The zero-order valence-corrected chi connectivity index (χ0v) is 12.8. The van der Waals surface area contributed by atoms with Crippen LogP contribution in [0.2, 0.25) is 0 Å². The lowest BCUT2D eigenvalue weighted by Gasteiger charge is -2.27. The molecule has 1 heterocycles. The van der Waals surface area contributed by atoms with Crippen LogP contribution < -0.4 is 0 Å². The van der Waals surface area contributed by atoms with Gasteiger partial charge in [-0.2, -0.15) is 0 Å². The first kappa shape index (κ1) is 13.4. The molecule has 0 saturated carbocycles. The average Bonchev–Trinajstić information content (AvgIpc) is 2.63. The van der Waals surface area contributed by atoms with E-state index in [0.29, 0.717) is 5.41 Å². The molecule has 1 nitrogen and oxygen atoms in total. The zero-order chi connectivity index (χ0) is 11.3. The van der Waals surface area contributed by atoms with E-state index in [0.717, 1.165) is 0 Å². The summed E-state index contributed by atoms with van der Waals surface area (Å²) in [4.78, 5) is 4.66. The van der Waals surface area contributed by atoms with Gasteiger partial charge in [-0.05, 0) is 35.4 Å². The third-order valence-corrected chi connectivity index (χ3v) is 4.61. The molecule has 0 radical (unpaired) electrons. The van der Waals surface area contributed by atoms with Crippen molar-refractivity contribution in [2.75, 3.05) is 0 Å². The van der Waals surface area contributed by atoms with Gasteiger partial charge in [0.1, 0.15) is 0 Å². The largest absolute Gasteiger partial charge is 0.235 e. The van der Waals surface area contributed by atoms with Gasteiger partial charge < -0.3 is 0 Å². The van der Waals surface area contributed by atoms with Crippen molar-refractivity contribution in [1.29, 1.82) is 0 Å². The number of unbranched alkanes of at least 4 members (excludes halogenated alkanes) is 1. The molecule has 86 valence electrons. The second-order valence-corrected chi connectivity index (χ2v) is 7.01. The van der Waals surface area contributed by atoms with Crippen LogP contribution in [0.25, 0.3) is 0 Å². The molecule has 15 heavy (non-hydrogen) atoms. The first-order valence-electron chi connectivity index (χ1n) is 5.74. The summed E-state index contributed by atoms with van der Waals surface area (Å²) in [5, 5.41) is 2.24. The van der Waals surface area contributed by atoms with Gasteiger partial charge in [0.2, 0.25) is 0 Å². The molecule has 0 aliphatic heterocycles. The van der Waals surface area contributed by atoms with Gasteiger partial charge in [-0.1, -0.05) is 40.0 Å². The summed E-state index contributed by atoms with van der Waals surface area (Å²) in [5.41, 5.74) is 1.62. The van der Waals surface area contributed by atoms with Crippen molar-refractivity contribution in [3.63, 3.8) is 0 Å². The van der Waals surface area contributed by atoms with Crippen LogP contribution in [0.1, 0.15) is 58.6 Å². The molecule has 0 aliphatic rings. The molecule has 0 aliphatic carbocycles. The predicted molar refractivity (Wildman–Crippen MR) is 76.6 cm³/mol. The van der Waals surface area contributed by atoms with E-state index >= 15 is 0 Å². The maximum absolute atomic E-state index is 4.66. The Morgan fingerprint density at radius 1 is 1.33 bits per heavy atom. The molecule has 1 aromatic heterocycles. The van der Waals surface area contributed by atoms with Crippen LogP contribution in [0.5, 0.6) is 0 Å². The third-order valence-electron chi connectivity index (χ3n) is 2.98. The molecule has 0 spiro atoms. The number of rotatable bonds is 6. The molecule has 0 fully saturated rings. The fourth-order valence-electron chi connectivity index (χ4n) is 2.03. The SMILES string of the molecule is CCCCC(C)(CCC)c1csc(I)n1. The fourth-order valence-corrected chi connectivity index (χ4v) is 3.37. The molecule has 0 aromatic carbocycles. The molecular weight excluding hydrogens is 317 g/mol. The molecular formula is C12H20INS. The van der Waals surface area contributed by atoms with E-state index in [-0.39, 0.29) is 0 Å². The average molecular weight is 337 g/mol. The first-order valence-corrected chi connectivity index (χ1v) is 7.69. The van der Waals surface area contributed by atoms with Crippen LogP contribution in [0.3, 0.4) is 0 Å². The van der Waals surface area contributed by atoms with Gasteiger partial charge in [0.05, 0.1) is 5.69 Å². The Kier molecular flexibility index (Phi) is 5.53.